The predicted octanol–water partition coefficient (Wildman–Crippen LogP) is 1.47. The van der Waals surface area contributed by atoms with E-state index < -0.39 is 5.97 Å². The van der Waals surface area contributed by atoms with Gasteiger partial charge in [0.25, 0.3) is 0 Å². The van der Waals surface area contributed by atoms with Crippen molar-refractivity contribution in [2.24, 2.45) is 0 Å². The molecule has 3 rings (SSSR count). The Kier molecular flexibility index (Phi) is 2.59. The molecule has 0 bridgehead atoms. The first-order chi connectivity index (χ1) is 8.66. The third-order valence-corrected chi connectivity index (χ3v) is 4.10. The number of aliphatic carboxylic acids is 1. The molecule has 0 radical (unpaired) electrons. The third-order valence-electron chi connectivity index (χ3n) is 3.04. The highest BCUT2D eigenvalue weighted by molar-refractivity contribution is 8.03. The summed E-state index contributed by atoms with van der Waals surface area (Å²) in [5, 5.41) is 9.97. The first kappa shape index (κ1) is 11.3. The van der Waals surface area contributed by atoms with E-state index in [4.69, 9.17) is 0 Å². The van der Waals surface area contributed by atoms with Crippen LogP contribution in [0.5, 0.6) is 0 Å². The number of carboxylic acid groups (broad SMARTS) is 1. The first-order valence-electron chi connectivity index (χ1n) is 5.54. The number of pyridine rings is 1. The van der Waals surface area contributed by atoms with Gasteiger partial charge in [-0.15, -0.1) is 0 Å². The number of fused-ring (bicyclic) bond motifs is 1. The van der Waals surface area contributed by atoms with Crippen molar-refractivity contribution in [3.63, 3.8) is 0 Å². The van der Waals surface area contributed by atoms with Gasteiger partial charge < -0.3 is 10.0 Å². The Morgan fingerprint density at radius 2 is 2.28 bits per heavy atom. The fraction of sp³-hybridized carbons (Fsp3) is 0.250. The largest absolute Gasteiger partial charge is 0.477 e. The fourth-order valence-corrected chi connectivity index (χ4v) is 3.31. The van der Waals surface area contributed by atoms with Crippen LogP contribution in [0, 0.1) is 0 Å². The number of nitrogens with zero attached hydrogens (tertiary/aromatic N) is 2. The predicted molar refractivity (Wildman–Crippen MR) is 64.6 cm³/mol. The van der Waals surface area contributed by atoms with Crippen LogP contribution in [-0.2, 0) is 9.59 Å². The molecule has 3 heterocycles. The number of carbonyl (C=O) groups is 2. The number of carboxylic acids is 1. The molecule has 1 saturated heterocycles. The van der Waals surface area contributed by atoms with Crippen LogP contribution in [0.4, 0.5) is 0 Å². The summed E-state index contributed by atoms with van der Waals surface area (Å²) in [5.74, 6) is -1.14. The highest BCUT2D eigenvalue weighted by atomic mass is 32.2. The minimum absolute atomic E-state index is 0.0369. The van der Waals surface area contributed by atoms with E-state index in [2.05, 4.69) is 4.98 Å². The molecular formula is C12H10N2O3S. The van der Waals surface area contributed by atoms with E-state index in [1.807, 2.05) is 18.2 Å². The van der Waals surface area contributed by atoms with Crippen LogP contribution in [0.25, 0.3) is 0 Å². The summed E-state index contributed by atoms with van der Waals surface area (Å²) in [6, 6.07) is 5.52. The summed E-state index contributed by atoms with van der Waals surface area (Å²) < 4.78 is 0. The highest BCUT2D eigenvalue weighted by Gasteiger charge is 2.47. The number of carbonyl (C=O) groups excluding carboxylic acids is 1. The van der Waals surface area contributed by atoms with E-state index in [1.54, 1.807) is 6.20 Å². The average Bonchev–Trinajstić information content (AvgIpc) is 2.63. The van der Waals surface area contributed by atoms with E-state index in [0.29, 0.717) is 12.8 Å². The summed E-state index contributed by atoms with van der Waals surface area (Å²) in [7, 11) is 0. The molecular weight excluding hydrogens is 252 g/mol. The quantitative estimate of drug-likeness (QED) is 0.835. The Labute approximate surface area is 108 Å². The summed E-state index contributed by atoms with van der Waals surface area (Å²) in [5.41, 5.74) is 0.131. The number of hydrogen-bond acceptors (Lipinski definition) is 4. The molecule has 6 heteroatoms. The first-order valence-corrected chi connectivity index (χ1v) is 6.36. The van der Waals surface area contributed by atoms with Crippen molar-refractivity contribution in [2.45, 2.75) is 23.9 Å². The van der Waals surface area contributed by atoms with E-state index >= 15 is 0 Å². The molecule has 92 valence electrons. The van der Waals surface area contributed by atoms with Crippen molar-refractivity contribution < 1.29 is 14.7 Å². The Morgan fingerprint density at radius 1 is 1.44 bits per heavy atom. The monoisotopic (exact) mass is 262 g/mol. The summed E-state index contributed by atoms with van der Waals surface area (Å²) in [4.78, 5) is 29.0. The number of aromatic nitrogens is 1. The van der Waals surface area contributed by atoms with Crippen LogP contribution in [0.15, 0.2) is 40.0 Å². The number of β-lactam (4-membered cyclic amide) rings is 1. The van der Waals surface area contributed by atoms with Gasteiger partial charge in [-0.05, 0) is 12.1 Å². The van der Waals surface area contributed by atoms with E-state index in [1.165, 1.54) is 16.7 Å². The van der Waals surface area contributed by atoms with Crippen LogP contribution in [0.1, 0.15) is 12.8 Å². The van der Waals surface area contributed by atoms with E-state index in [-0.39, 0.29) is 17.6 Å². The normalized spacial score (nSPS) is 21.9. The zero-order valence-corrected chi connectivity index (χ0v) is 10.2. The second-order valence-electron chi connectivity index (χ2n) is 4.17. The lowest BCUT2D eigenvalue weighted by Gasteiger charge is -2.34. The molecule has 0 aliphatic carbocycles. The maximum absolute atomic E-state index is 11.4. The average molecular weight is 262 g/mol. The Morgan fingerprint density at radius 3 is 2.89 bits per heavy atom. The van der Waals surface area contributed by atoms with Crippen LogP contribution in [-0.4, -0.2) is 32.9 Å². The molecule has 0 saturated carbocycles. The molecule has 1 atom stereocenters. The molecule has 0 spiro atoms. The maximum atomic E-state index is 11.4. The Bertz CT molecular complexity index is 556. The summed E-state index contributed by atoms with van der Waals surface area (Å²) in [6.45, 7) is 0. The van der Waals surface area contributed by atoms with Crippen LogP contribution in [0.3, 0.4) is 0 Å². The number of amides is 1. The maximum Gasteiger partial charge on any atom is 0.353 e. The fourth-order valence-electron chi connectivity index (χ4n) is 2.24. The minimum Gasteiger partial charge on any atom is -0.477 e. The lowest BCUT2D eigenvalue weighted by atomic mass is 10.0. The minimum atomic E-state index is -1.04. The molecule has 1 aromatic heterocycles. The van der Waals surface area contributed by atoms with Crippen molar-refractivity contribution in [3.05, 3.63) is 35.0 Å². The second kappa shape index (κ2) is 4.13. The van der Waals surface area contributed by atoms with Crippen LogP contribution >= 0.6 is 11.8 Å². The van der Waals surface area contributed by atoms with Crippen molar-refractivity contribution in [2.75, 3.05) is 0 Å². The van der Waals surface area contributed by atoms with Gasteiger partial charge in [-0.2, -0.15) is 0 Å². The van der Waals surface area contributed by atoms with Gasteiger partial charge >= 0.3 is 5.97 Å². The van der Waals surface area contributed by atoms with Gasteiger partial charge in [0.1, 0.15) is 10.7 Å². The Hall–Kier alpha value is -1.82. The highest BCUT2D eigenvalue weighted by Crippen LogP contribution is 2.44. The van der Waals surface area contributed by atoms with Gasteiger partial charge in [-0.25, -0.2) is 9.78 Å². The van der Waals surface area contributed by atoms with Gasteiger partial charge in [-0.3, -0.25) is 4.79 Å². The van der Waals surface area contributed by atoms with Crippen molar-refractivity contribution in [3.8, 4) is 0 Å². The lowest BCUT2D eigenvalue weighted by Crippen LogP contribution is -2.49. The number of rotatable bonds is 3. The van der Waals surface area contributed by atoms with Gasteiger partial charge in [0.05, 0.1) is 6.04 Å². The lowest BCUT2D eigenvalue weighted by molar-refractivity contribution is -0.147. The van der Waals surface area contributed by atoms with Gasteiger partial charge in [0.15, 0.2) is 0 Å². The molecule has 1 aromatic rings. The summed E-state index contributed by atoms with van der Waals surface area (Å²) >= 11 is 1.33. The molecule has 1 amide bonds. The van der Waals surface area contributed by atoms with Gasteiger partial charge in [-0.1, -0.05) is 17.8 Å². The topological polar surface area (TPSA) is 70.5 Å². The Balaban J connectivity index is 1.91. The molecule has 18 heavy (non-hydrogen) atoms. The van der Waals surface area contributed by atoms with E-state index in [9.17, 15) is 14.7 Å². The standard InChI is InChI=1S/C12H10N2O3S/c15-10-6-7-5-8(11(12(16)17)14(7)10)18-9-3-1-2-4-13-9/h1-4,7H,5-6H2,(H,16,17). The molecule has 2 aliphatic rings. The molecule has 0 aromatic carbocycles. The zero-order chi connectivity index (χ0) is 12.7. The summed E-state index contributed by atoms with van der Waals surface area (Å²) in [6.07, 6.45) is 2.73. The molecule has 1 unspecified atom stereocenters. The molecule has 1 N–H and O–H groups in total. The zero-order valence-electron chi connectivity index (χ0n) is 9.37. The molecule has 2 aliphatic heterocycles. The van der Waals surface area contributed by atoms with Gasteiger partial charge in [0.2, 0.25) is 5.91 Å². The van der Waals surface area contributed by atoms with Gasteiger partial charge in [0, 0.05) is 23.9 Å². The molecule has 1 fully saturated rings. The van der Waals surface area contributed by atoms with Crippen molar-refractivity contribution in [1.29, 1.82) is 0 Å². The van der Waals surface area contributed by atoms with Crippen LogP contribution < -0.4 is 0 Å². The van der Waals surface area contributed by atoms with Crippen molar-refractivity contribution >= 4 is 23.6 Å². The number of thioether (sulfide) groups is 1. The smallest absolute Gasteiger partial charge is 0.353 e. The van der Waals surface area contributed by atoms with Crippen molar-refractivity contribution in [1.82, 2.24) is 9.88 Å². The number of hydrogen-bond donors (Lipinski definition) is 1. The molecule has 5 nitrogen and oxygen atoms in total. The third kappa shape index (κ3) is 1.69. The van der Waals surface area contributed by atoms with E-state index in [0.717, 1.165) is 9.93 Å². The van der Waals surface area contributed by atoms with Crippen LogP contribution in [0.2, 0.25) is 0 Å². The SMILES string of the molecule is O=C(O)C1=C(Sc2ccccn2)CC2CC(=O)N12. The second-order valence-corrected chi connectivity index (χ2v) is 5.29.